The summed E-state index contributed by atoms with van der Waals surface area (Å²) in [7, 11) is 0. The van der Waals surface area contributed by atoms with Crippen LogP contribution in [0.1, 0.15) is 29.3 Å². The van der Waals surface area contributed by atoms with Crippen LogP contribution in [0.5, 0.6) is 0 Å². The van der Waals surface area contributed by atoms with Gasteiger partial charge in [-0.3, -0.25) is 4.79 Å². The summed E-state index contributed by atoms with van der Waals surface area (Å²) in [6, 6.07) is 7.39. The van der Waals surface area contributed by atoms with Gasteiger partial charge >= 0.3 is 0 Å². The molecular weight excluding hydrogens is 240 g/mol. The van der Waals surface area contributed by atoms with Crippen LogP contribution < -0.4 is 0 Å². The summed E-state index contributed by atoms with van der Waals surface area (Å²) in [4.78, 5) is 11.1. The van der Waals surface area contributed by atoms with Gasteiger partial charge in [-0.15, -0.1) is 0 Å². The zero-order chi connectivity index (χ0) is 10.4. The van der Waals surface area contributed by atoms with Crippen LogP contribution >= 0.6 is 15.9 Å². The van der Waals surface area contributed by atoms with Crippen molar-refractivity contribution in [2.75, 3.05) is 5.33 Å². The van der Waals surface area contributed by atoms with Crippen LogP contribution in [0, 0.1) is 11.8 Å². The lowest BCUT2D eigenvalue weighted by atomic mass is 10.1. The number of alkyl halides is 1. The molecule has 0 aromatic heterocycles. The third-order valence-electron chi connectivity index (χ3n) is 1.72. The first-order chi connectivity index (χ1) is 6.74. The summed E-state index contributed by atoms with van der Waals surface area (Å²) in [5, 5.41) is 0.881. The number of ketones is 1. The van der Waals surface area contributed by atoms with Gasteiger partial charge in [0.25, 0.3) is 0 Å². The standard InChI is InChI=1S/C12H11BrO/c1-10(14)12-7-4-6-11(9-12)5-2-3-8-13/h4,6-7,9H,3,8H2,1H3. The molecule has 0 aliphatic rings. The summed E-state index contributed by atoms with van der Waals surface area (Å²) in [5.41, 5.74) is 1.62. The second-order valence-corrected chi connectivity index (χ2v) is 3.67. The highest BCUT2D eigenvalue weighted by atomic mass is 79.9. The maximum absolute atomic E-state index is 11.1. The fourth-order valence-electron chi connectivity index (χ4n) is 1.03. The van der Waals surface area contributed by atoms with E-state index in [0.29, 0.717) is 0 Å². The third-order valence-corrected chi connectivity index (χ3v) is 2.12. The van der Waals surface area contributed by atoms with Crippen molar-refractivity contribution in [3.63, 3.8) is 0 Å². The van der Waals surface area contributed by atoms with E-state index in [1.807, 2.05) is 18.2 Å². The number of carbonyl (C=O) groups is 1. The molecule has 1 nitrogen and oxygen atoms in total. The molecule has 1 rings (SSSR count). The Morgan fingerprint density at radius 1 is 1.50 bits per heavy atom. The Hall–Kier alpha value is -1.07. The van der Waals surface area contributed by atoms with Crippen LogP contribution in [0.4, 0.5) is 0 Å². The molecule has 0 aliphatic heterocycles. The lowest BCUT2D eigenvalue weighted by molar-refractivity contribution is 0.101. The van der Waals surface area contributed by atoms with E-state index in [2.05, 4.69) is 27.8 Å². The summed E-state index contributed by atoms with van der Waals surface area (Å²) >= 11 is 3.30. The summed E-state index contributed by atoms with van der Waals surface area (Å²) in [6.07, 6.45) is 0.824. The molecule has 0 spiro atoms. The SMILES string of the molecule is CC(=O)c1cccc(C#CCCBr)c1. The van der Waals surface area contributed by atoms with Crippen LogP contribution in [-0.2, 0) is 0 Å². The van der Waals surface area contributed by atoms with E-state index in [1.165, 1.54) is 0 Å². The maximum Gasteiger partial charge on any atom is 0.159 e. The predicted octanol–water partition coefficient (Wildman–Crippen LogP) is 3.03. The Kier molecular flexibility index (Phi) is 4.42. The van der Waals surface area contributed by atoms with Gasteiger partial charge in [-0.25, -0.2) is 0 Å². The monoisotopic (exact) mass is 250 g/mol. The Morgan fingerprint density at radius 3 is 2.93 bits per heavy atom. The number of halogens is 1. The highest BCUT2D eigenvalue weighted by Crippen LogP contribution is 2.04. The number of rotatable bonds is 2. The first-order valence-electron chi connectivity index (χ1n) is 4.40. The molecule has 14 heavy (non-hydrogen) atoms. The van der Waals surface area contributed by atoms with Crippen molar-refractivity contribution in [1.29, 1.82) is 0 Å². The normalized spacial score (nSPS) is 9.00. The van der Waals surface area contributed by atoms with Crippen LogP contribution in [0.2, 0.25) is 0 Å². The topological polar surface area (TPSA) is 17.1 Å². The van der Waals surface area contributed by atoms with E-state index in [1.54, 1.807) is 13.0 Å². The van der Waals surface area contributed by atoms with E-state index in [9.17, 15) is 4.79 Å². The van der Waals surface area contributed by atoms with E-state index in [-0.39, 0.29) is 5.78 Å². The van der Waals surface area contributed by atoms with Gasteiger partial charge in [-0.05, 0) is 19.1 Å². The summed E-state index contributed by atoms with van der Waals surface area (Å²) in [6.45, 7) is 1.56. The van der Waals surface area contributed by atoms with Crippen molar-refractivity contribution in [2.45, 2.75) is 13.3 Å². The minimum atomic E-state index is 0.0779. The second kappa shape index (κ2) is 5.62. The van der Waals surface area contributed by atoms with Gasteiger partial charge < -0.3 is 0 Å². The molecule has 1 aromatic rings. The van der Waals surface area contributed by atoms with Gasteiger partial charge in [-0.2, -0.15) is 0 Å². The van der Waals surface area contributed by atoms with Crippen LogP contribution in [0.25, 0.3) is 0 Å². The molecule has 0 saturated heterocycles. The molecule has 0 bridgehead atoms. The highest BCUT2D eigenvalue weighted by molar-refractivity contribution is 9.09. The predicted molar refractivity (Wildman–Crippen MR) is 61.7 cm³/mol. The van der Waals surface area contributed by atoms with Gasteiger partial charge in [0.1, 0.15) is 0 Å². The van der Waals surface area contributed by atoms with Gasteiger partial charge in [0, 0.05) is 22.9 Å². The van der Waals surface area contributed by atoms with E-state index >= 15 is 0 Å². The first-order valence-corrected chi connectivity index (χ1v) is 5.52. The van der Waals surface area contributed by atoms with Crippen molar-refractivity contribution in [1.82, 2.24) is 0 Å². The average molecular weight is 251 g/mol. The Bertz CT molecular complexity index is 385. The van der Waals surface area contributed by atoms with Crippen molar-refractivity contribution in [2.24, 2.45) is 0 Å². The van der Waals surface area contributed by atoms with Crippen molar-refractivity contribution in [3.05, 3.63) is 35.4 Å². The fourth-order valence-corrected chi connectivity index (χ4v) is 1.23. The largest absolute Gasteiger partial charge is 0.295 e. The van der Waals surface area contributed by atoms with E-state index in [0.717, 1.165) is 22.9 Å². The molecule has 0 N–H and O–H groups in total. The number of Topliss-reactive ketones (excluding diaryl/α,β-unsaturated/α-hetero) is 1. The molecular formula is C12H11BrO. The number of hydrogen-bond acceptors (Lipinski definition) is 1. The lowest BCUT2D eigenvalue weighted by Crippen LogP contribution is -1.91. The van der Waals surface area contributed by atoms with Crippen LogP contribution in [0.15, 0.2) is 24.3 Å². The third kappa shape index (κ3) is 3.35. The van der Waals surface area contributed by atoms with Gasteiger partial charge in [-0.1, -0.05) is 39.9 Å². The lowest BCUT2D eigenvalue weighted by Gasteiger charge is -1.95. The molecule has 0 fully saturated rings. The second-order valence-electron chi connectivity index (χ2n) is 2.88. The Balaban J connectivity index is 2.85. The quantitative estimate of drug-likeness (QED) is 0.448. The van der Waals surface area contributed by atoms with E-state index < -0.39 is 0 Å². The number of carbonyl (C=O) groups excluding carboxylic acids is 1. The number of benzene rings is 1. The molecule has 0 amide bonds. The molecule has 0 heterocycles. The molecule has 2 heteroatoms. The first kappa shape index (κ1) is 11.0. The minimum Gasteiger partial charge on any atom is -0.295 e. The van der Waals surface area contributed by atoms with Crippen molar-refractivity contribution < 1.29 is 4.79 Å². The molecule has 0 saturated carbocycles. The number of hydrogen-bond donors (Lipinski definition) is 0. The fraction of sp³-hybridized carbons (Fsp3) is 0.250. The minimum absolute atomic E-state index is 0.0779. The van der Waals surface area contributed by atoms with Crippen LogP contribution in [-0.4, -0.2) is 11.1 Å². The molecule has 0 aliphatic carbocycles. The molecule has 72 valence electrons. The molecule has 0 unspecified atom stereocenters. The average Bonchev–Trinajstić information content (AvgIpc) is 2.19. The smallest absolute Gasteiger partial charge is 0.159 e. The molecule has 0 atom stereocenters. The molecule has 0 radical (unpaired) electrons. The zero-order valence-corrected chi connectivity index (χ0v) is 9.60. The summed E-state index contributed by atoms with van der Waals surface area (Å²) in [5.74, 6) is 6.10. The Morgan fingerprint density at radius 2 is 2.29 bits per heavy atom. The van der Waals surface area contributed by atoms with Crippen LogP contribution in [0.3, 0.4) is 0 Å². The summed E-state index contributed by atoms with van der Waals surface area (Å²) < 4.78 is 0. The van der Waals surface area contributed by atoms with E-state index in [4.69, 9.17) is 0 Å². The molecule has 1 aromatic carbocycles. The van der Waals surface area contributed by atoms with Crippen molar-refractivity contribution >= 4 is 21.7 Å². The van der Waals surface area contributed by atoms with Gasteiger partial charge in [0.2, 0.25) is 0 Å². The highest BCUT2D eigenvalue weighted by Gasteiger charge is 1.97. The van der Waals surface area contributed by atoms with Crippen molar-refractivity contribution in [3.8, 4) is 11.8 Å². The zero-order valence-electron chi connectivity index (χ0n) is 8.01. The maximum atomic E-state index is 11.1. The van der Waals surface area contributed by atoms with Gasteiger partial charge in [0.05, 0.1) is 0 Å². The Labute approximate surface area is 92.6 Å². The van der Waals surface area contributed by atoms with Gasteiger partial charge in [0.15, 0.2) is 5.78 Å².